The van der Waals surface area contributed by atoms with Crippen molar-refractivity contribution in [2.45, 2.75) is 75.5 Å². The highest BCUT2D eigenvalue weighted by Gasteiger charge is 2.44. The van der Waals surface area contributed by atoms with E-state index in [1.807, 2.05) is 0 Å². The molecule has 8 rings (SSSR count). The number of hydrogen-bond acceptors (Lipinski definition) is 18. The molecule has 4 aromatic rings. The largest absolute Gasteiger partial charge is 0.480 e. The van der Waals surface area contributed by atoms with Gasteiger partial charge in [0.25, 0.3) is 11.8 Å². The monoisotopic (exact) mass is 1220 g/mol. The number of piperidine rings is 2. The molecule has 420 valence electrons. The molecule has 18 nitrogen and oxygen atoms in total. The van der Waals surface area contributed by atoms with Crippen LogP contribution in [0.1, 0.15) is 72.8 Å². The van der Waals surface area contributed by atoms with Crippen molar-refractivity contribution < 1.29 is 74.7 Å². The number of rotatable bonds is 20. The second-order valence-corrected chi connectivity index (χ2v) is 21.0. The van der Waals surface area contributed by atoms with Gasteiger partial charge in [0.05, 0.1) is 50.7 Å². The van der Waals surface area contributed by atoms with Gasteiger partial charge >= 0.3 is 23.9 Å². The van der Waals surface area contributed by atoms with Crippen molar-refractivity contribution in [1.82, 2.24) is 30.4 Å². The number of aliphatic imine (C=N–C) groups is 2. The third kappa shape index (κ3) is 15.7. The number of amidine groups is 2. The molecule has 0 amide bonds. The number of aliphatic carboxylic acids is 2. The van der Waals surface area contributed by atoms with Gasteiger partial charge in [0.2, 0.25) is 0 Å². The summed E-state index contributed by atoms with van der Waals surface area (Å²) < 4.78 is 108. The van der Waals surface area contributed by atoms with Gasteiger partial charge in [-0.3, -0.25) is 19.8 Å². The molecule has 2 aromatic heterocycles. The number of nitrogens with one attached hydrogen (secondary N) is 2. The third-order valence-electron chi connectivity index (χ3n) is 12.4. The summed E-state index contributed by atoms with van der Waals surface area (Å²) in [5.41, 5.74) is 1.42. The van der Waals surface area contributed by atoms with Crippen LogP contribution in [0, 0.1) is 11.6 Å². The van der Waals surface area contributed by atoms with Gasteiger partial charge in [0, 0.05) is 87.6 Å². The van der Waals surface area contributed by atoms with E-state index in [2.05, 4.69) is 41.5 Å². The Balaban J connectivity index is 0.000000226. The zero-order valence-electron chi connectivity index (χ0n) is 41.7. The van der Waals surface area contributed by atoms with Crippen LogP contribution < -0.4 is 10.6 Å². The molecule has 4 atom stereocenters. The minimum atomic E-state index is -3.01. The number of likely N-dealkylation sites (tertiary alicyclic amines) is 2. The SMILES string of the molecule is CCOC(=O)C1=C(CN2CC(F)(F)CCC2COCC(=O)O)NC(c2nccs2)=NC1c1ccc(F)cc1Br.CCOC(=O)C1=C(CN2CC(F)(F)CCC2COCC(=O)O)NC(c2nccs2)=NC1c1ccc(F)cc1Cl. The van der Waals surface area contributed by atoms with Crippen LogP contribution in [0.5, 0.6) is 0 Å². The second-order valence-electron chi connectivity index (χ2n) is 18.0. The Morgan fingerprint density at radius 3 is 1.55 bits per heavy atom. The normalized spacial score (nSPS) is 21.3. The lowest BCUT2D eigenvalue weighted by Crippen LogP contribution is -2.53. The van der Waals surface area contributed by atoms with Crippen LogP contribution in [0.4, 0.5) is 26.3 Å². The van der Waals surface area contributed by atoms with Crippen LogP contribution in [0.2, 0.25) is 5.02 Å². The maximum atomic E-state index is 14.6. The predicted molar refractivity (Wildman–Crippen MR) is 278 cm³/mol. The van der Waals surface area contributed by atoms with E-state index < -0.39 is 97.8 Å². The smallest absolute Gasteiger partial charge is 0.338 e. The molecule has 28 heteroatoms. The fraction of sp³-hybridized carbons (Fsp3) is 0.440. The van der Waals surface area contributed by atoms with Crippen molar-refractivity contribution in [3.05, 3.63) is 124 Å². The van der Waals surface area contributed by atoms with Crippen LogP contribution in [0.25, 0.3) is 0 Å². The van der Waals surface area contributed by atoms with Crippen molar-refractivity contribution in [3.8, 4) is 0 Å². The number of nitrogens with zero attached hydrogens (tertiary/aromatic N) is 6. The Labute approximate surface area is 464 Å². The molecule has 6 heterocycles. The number of carbonyl (C=O) groups is 4. The summed E-state index contributed by atoms with van der Waals surface area (Å²) in [6, 6.07) is 4.60. The van der Waals surface area contributed by atoms with Gasteiger partial charge in [-0.2, -0.15) is 0 Å². The minimum Gasteiger partial charge on any atom is -0.480 e. The van der Waals surface area contributed by atoms with E-state index in [0.717, 1.165) is 6.07 Å². The Bertz CT molecular complexity index is 2740. The van der Waals surface area contributed by atoms with Crippen LogP contribution >= 0.6 is 50.2 Å². The van der Waals surface area contributed by atoms with Crippen LogP contribution in [0.3, 0.4) is 0 Å². The molecule has 4 N–H and O–H groups in total. The molecule has 78 heavy (non-hydrogen) atoms. The lowest BCUT2D eigenvalue weighted by molar-refractivity contribution is -0.145. The molecule has 0 saturated carbocycles. The van der Waals surface area contributed by atoms with E-state index in [1.54, 1.807) is 37.0 Å². The predicted octanol–water partition coefficient (Wildman–Crippen LogP) is 8.20. The third-order valence-corrected chi connectivity index (χ3v) is 15.0. The summed E-state index contributed by atoms with van der Waals surface area (Å²) in [7, 11) is 0. The summed E-state index contributed by atoms with van der Waals surface area (Å²) in [6.07, 6.45) is 2.50. The summed E-state index contributed by atoms with van der Waals surface area (Å²) in [5.74, 6) is -10.3. The molecule has 4 unspecified atom stereocenters. The summed E-state index contributed by atoms with van der Waals surface area (Å²) in [6.45, 7) is 0.510. The second kappa shape index (κ2) is 26.9. The number of carboxylic acid groups (broad SMARTS) is 2. The lowest BCUT2D eigenvalue weighted by Gasteiger charge is -2.40. The van der Waals surface area contributed by atoms with Crippen molar-refractivity contribution in [3.63, 3.8) is 0 Å². The first-order valence-corrected chi connectivity index (χ1v) is 27.1. The van der Waals surface area contributed by atoms with E-state index in [4.69, 9.17) is 45.8 Å². The highest BCUT2D eigenvalue weighted by Crippen LogP contribution is 2.41. The van der Waals surface area contributed by atoms with Crippen LogP contribution in [0.15, 0.2) is 96.5 Å². The number of benzene rings is 2. The molecule has 2 saturated heterocycles. The standard InChI is InChI=1S/C25H26BrF3N4O5S.C25H26ClF3N4O5S/c2*1-2-38-24(36)20-18(10-33-13-25(28,29)6-5-15(33)11-37-12-19(34)35)31-22(23-30-7-8-39-23)32-21(20)16-4-3-14(27)9-17(16)26/h2*3-4,7-9,15,21H,2,5-6,10-13H2,1H3,(H,31,32)(H,34,35). The van der Waals surface area contributed by atoms with Gasteiger partial charge in [-0.15, -0.1) is 22.7 Å². The fourth-order valence-electron chi connectivity index (χ4n) is 8.98. The van der Waals surface area contributed by atoms with Gasteiger partial charge in [-0.25, -0.2) is 55.5 Å². The molecule has 0 spiro atoms. The molecule has 4 aliphatic rings. The van der Waals surface area contributed by atoms with Crippen molar-refractivity contribution in [2.24, 2.45) is 9.98 Å². The molecule has 0 radical (unpaired) electrons. The molecule has 0 aliphatic carbocycles. The van der Waals surface area contributed by atoms with Crippen molar-refractivity contribution in [2.75, 3.05) is 65.8 Å². The number of carbonyl (C=O) groups excluding carboxylic acids is 2. The molecule has 2 fully saturated rings. The number of esters is 2. The molecule has 4 aliphatic heterocycles. The highest BCUT2D eigenvalue weighted by molar-refractivity contribution is 9.10. The maximum Gasteiger partial charge on any atom is 0.338 e. The lowest BCUT2D eigenvalue weighted by atomic mass is 9.94. The first-order chi connectivity index (χ1) is 37.1. The first-order valence-electron chi connectivity index (χ1n) is 24.2. The number of alkyl halides is 4. The van der Waals surface area contributed by atoms with E-state index >= 15 is 0 Å². The van der Waals surface area contributed by atoms with Gasteiger partial charge in [-0.05, 0) is 56.5 Å². The Morgan fingerprint density at radius 1 is 0.718 bits per heavy atom. The number of ether oxygens (including phenoxy) is 4. The Hall–Kier alpha value is -5.81. The molecule has 2 aromatic carbocycles. The maximum absolute atomic E-state index is 14.6. The minimum absolute atomic E-state index is 0.0229. The number of aromatic nitrogens is 2. The summed E-state index contributed by atoms with van der Waals surface area (Å²) in [4.78, 5) is 69.3. The molecular formula is C50H52BrClF6N8O10S2. The van der Waals surface area contributed by atoms with Crippen molar-refractivity contribution in [1.29, 1.82) is 0 Å². The van der Waals surface area contributed by atoms with E-state index in [9.17, 15) is 45.5 Å². The van der Waals surface area contributed by atoms with Crippen LogP contribution in [-0.4, -0.2) is 155 Å². The van der Waals surface area contributed by atoms with Crippen LogP contribution in [-0.2, 0) is 38.1 Å². The number of thiazole rings is 2. The number of carboxylic acids is 2. The van der Waals surface area contributed by atoms with E-state index in [0.29, 0.717) is 31.5 Å². The molecule has 0 bridgehead atoms. The Kier molecular flexibility index (Phi) is 20.6. The number of hydrogen-bond donors (Lipinski definition) is 4. The van der Waals surface area contributed by atoms with Gasteiger partial charge in [-0.1, -0.05) is 39.7 Å². The molecular weight excluding hydrogens is 1170 g/mol. The van der Waals surface area contributed by atoms with Gasteiger partial charge in [0.1, 0.15) is 36.9 Å². The van der Waals surface area contributed by atoms with Crippen molar-refractivity contribution >= 4 is 85.8 Å². The average Bonchev–Trinajstić information content (AvgIpc) is 4.26. The summed E-state index contributed by atoms with van der Waals surface area (Å²) >= 11 is 12.3. The van der Waals surface area contributed by atoms with Gasteiger partial charge < -0.3 is 39.8 Å². The quantitative estimate of drug-likeness (QED) is 0.0483. The van der Waals surface area contributed by atoms with E-state index in [-0.39, 0.29) is 98.6 Å². The number of halogens is 8. The Morgan fingerprint density at radius 2 is 1.15 bits per heavy atom. The fourth-order valence-corrected chi connectivity index (χ4v) is 11.0. The topological polar surface area (TPSA) is 227 Å². The van der Waals surface area contributed by atoms with E-state index in [1.165, 1.54) is 62.8 Å². The zero-order chi connectivity index (χ0) is 56.3. The first kappa shape index (κ1) is 59.8. The van der Waals surface area contributed by atoms with Gasteiger partial charge in [0.15, 0.2) is 21.7 Å². The summed E-state index contributed by atoms with van der Waals surface area (Å²) in [5, 5.41) is 28.5. The highest BCUT2D eigenvalue weighted by atomic mass is 79.9. The average molecular weight is 1220 g/mol. The zero-order valence-corrected chi connectivity index (χ0v) is 45.6.